The molecule has 0 atom stereocenters. The maximum atomic E-state index is 13.3. The number of carbonyl (C=O) groups excluding carboxylic acids is 1. The van der Waals surface area contributed by atoms with Crippen LogP contribution in [-0.4, -0.2) is 31.7 Å². The van der Waals surface area contributed by atoms with Crippen molar-refractivity contribution in [2.24, 2.45) is 0 Å². The van der Waals surface area contributed by atoms with Crippen molar-refractivity contribution in [1.29, 1.82) is 0 Å². The van der Waals surface area contributed by atoms with Gasteiger partial charge in [0.2, 0.25) is 5.91 Å². The number of benzene rings is 3. The van der Waals surface area contributed by atoms with Gasteiger partial charge in [0.1, 0.15) is 17.0 Å². The number of ether oxygens (including phenoxy) is 1. The molecule has 0 fully saturated rings. The van der Waals surface area contributed by atoms with Crippen molar-refractivity contribution < 1.29 is 17.9 Å². The zero-order valence-electron chi connectivity index (χ0n) is 18.2. The number of carbonyl (C=O) groups is 1. The van der Waals surface area contributed by atoms with Gasteiger partial charge in [-0.25, -0.2) is 13.4 Å². The van der Waals surface area contributed by atoms with Crippen molar-refractivity contribution in [2.45, 2.75) is 19.2 Å². The molecular formula is C25H24N2O4S2. The van der Waals surface area contributed by atoms with E-state index in [2.05, 4.69) is 4.98 Å². The summed E-state index contributed by atoms with van der Waals surface area (Å²) in [6, 6.07) is 24.0. The van der Waals surface area contributed by atoms with Gasteiger partial charge in [-0.3, -0.25) is 9.69 Å². The van der Waals surface area contributed by atoms with Crippen LogP contribution in [0.3, 0.4) is 0 Å². The number of fused-ring (bicyclic) bond motifs is 1. The highest BCUT2D eigenvalue weighted by Gasteiger charge is 2.26. The van der Waals surface area contributed by atoms with Gasteiger partial charge in [0.15, 0.2) is 15.0 Å². The molecule has 0 saturated carbocycles. The molecular weight excluding hydrogens is 456 g/mol. The Morgan fingerprint density at radius 2 is 1.61 bits per heavy atom. The molecule has 0 N–H and O–H groups in total. The number of rotatable bonds is 9. The highest BCUT2D eigenvalue weighted by molar-refractivity contribution is 7.91. The lowest BCUT2D eigenvalue weighted by Crippen LogP contribution is -2.35. The summed E-state index contributed by atoms with van der Waals surface area (Å²) < 4.78 is 32.2. The first-order valence-electron chi connectivity index (χ1n) is 10.6. The maximum absolute atomic E-state index is 13.3. The summed E-state index contributed by atoms with van der Waals surface area (Å²) in [6.45, 7) is 2.62. The second kappa shape index (κ2) is 10.1. The molecule has 0 spiro atoms. The molecule has 1 amide bonds. The Morgan fingerprint density at radius 3 is 2.27 bits per heavy atom. The van der Waals surface area contributed by atoms with Crippen LogP contribution in [0.5, 0.6) is 5.75 Å². The van der Waals surface area contributed by atoms with Gasteiger partial charge in [-0.1, -0.05) is 78.1 Å². The van der Waals surface area contributed by atoms with E-state index in [1.54, 1.807) is 24.3 Å². The van der Waals surface area contributed by atoms with Crippen molar-refractivity contribution in [3.63, 3.8) is 0 Å². The monoisotopic (exact) mass is 480 g/mol. The van der Waals surface area contributed by atoms with Crippen LogP contribution >= 0.6 is 11.3 Å². The Kier molecular flexibility index (Phi) is 7.05. The summed E-state index contributed by atoms with van der Waals surface area (Å²) in [7, 11) is -3.67. The summed E-state index contributed by atoms with van der Waals surface area (Å²) in [6.07, 6.45) is 0. The fourth-order valence-corrected chi connectivity index (χ4v) is 5.81. The summed E-state index contributed by atoms with van der Waals surface area (Å²) in [5.74, 6) is -0.649. The van der Waals surface area contributed by atoms with E-state index in [4.69, 9.17) is 4.74 Å². The highest BCUT2D eigenvalue weighted by atomic mass is 32.2. The maximum Gasteiger partial charge on any atom is 0.244 e. The average molecular weight is 481 g/mol. The van der Waals surface area contributed by atoms with Crippen LogP contribution in [0.15, 0.2) is 78.9 Å². The Morgan fingerprint density at radius 1 is 0.939 bits per heavy atom. The van der Waals surface area contributed by atoms with E-state index in [1.807, 2.05) is 61.5 Å². The first-order valence-corrected chi connectivity index (χ1v) is 13.2. The van der Waals surface area contributed by atoms with Crippen LogP contribution in [0.4, 0.5) is 5.13 Å². The van der Waals surface area contributed by atoms with E-state index in [1.165, 1.54) is 16.2 Å². The van der Waals surface area contributed by atoms with Gasteiger partial charge in [-0.05, 0) is 30.2 Å². The minimum atomic E-state index is -3.67. The third kappa shape index (κ3) is 5.77. The number of aromatic nitrogens is 1. The minimum Gasteiger partial charge on any atom is -0.492 e. The van der Waals surface area contributed by atoms with E-state index < -0.39 is 21.5 Å². The first kappa shape index (κ1) is 22.9. The summed E-state index contributed by atoms with van der Waals surface area (Å²) in [4.78, 5) is 19.4. The molecule has 4 aromatic rings. The smallest absolute Gasteiger partial charge is 0.244 e. The molecule has 4 rings (SSSR count). The predicted octanol–water partition coefficient (Wildman–Crippen LogP) is 4.84. The molecule has 1 aromatic heterocycles. The topological polar surface area (TPSA) is 76.6 Å². The molecule has 0 radical (unpaired) electrons. The van der Waals surface area contributed by atoms with Crippen LogP contribution in [-0.2, 0) is 26.9 Å². The van der Waals surface area contributed by atoms with Crippen molar-refractivity contribution in [1.82, 2.24) is 4.98 Å². The minimum absolute atomic E-state index is 0.187. The Labute approximate surface area is 197 Å². The van der Waals surface area contributed by atoms with Crippen LogP contribution in [0.25, 0.3) is 10.2 Å². The van der Waals surface area contributed by atoms with Gasteiger partial charge < -0.3 is 4.74 Å². The van der Waals surface area contributed by atoms with Crippen molar-refractivity contribution in [3.05, 3.63) is 90.0 Å². The number of thiazole rings is 1. The number of hydrogen-bond acceptors (Lipinski definition) is 6. The summed E-state index contributed by atoms with van der Waals surface area (Å²) >= 11 is 1.34. The fraction of sp³-hybridized carbons (Fsp3) is 0.200. The SMILES string of the molecule is CCOc1cccc2sc(N(Cc3ccccc3)C(=O)CS(=O)(=O)Cc3ccccc3)nc12. The number of sulfone groups is 1. The molecule has 0 bridgehead atoms. The normalized spacial score (nSPS) is 11.4. The van der Waals surface area contributed by atoms with E-state index in [0.717, 1.165) is 10.3 Å². The Hall–Kier alpha value is -3.23. The van der Waals surface area contributed by atoms with Crippen LogP contribution < -0.4 is 9.64 Å². The molecule has 33 heavy (non-hydrogen) atoms. The number of amides is 1. The highest BCUT2D eigenvalue weighted by Crippen LogP contribution is 2.35. The molecule has 8 heteroatoms. The van der Waals surface area contributed by atoms with Crippen molar-refractivity contribution in [3.8, 4) is 5.75 Å². The molecule has 0 aliphatic carbocycles. The Balaban J connectivity index is 1.66. The first-order chi connectivity index (χ1) is 15.9. The number of hydrogen-bond donors (Lipinski definition) is 0. The third-order valence-corrected chi connectivity index (χ3v) is 7.46. The standard InChI is InChI=1S/C25H24N2O4S2/c1-2-31-21-14-9-15-22-24(21)26-25(32-22)27(16-19-10-5-3-6-11-19)23(28)18-33(29,30)17-20-12-7-4-8-13-20/h3-15H,2,16-18H2,1H3. The number of anilines is 1. The molecule has 3 aromatic carbocycles. The van der Waals surface area contributed by atoms with Gasteiger partial charge in [0, 0.05) is 0 Å². The zero-order chi connectivity index (χ0) is 23.3. The quantitative estimate of drug-likeness (QED) is 0.343. The van der Waals surface area contributed by atoms with Gasteiger partial charge in [-0.2, -0.15) is 0 Å². The van der Waals surface area contributed by atoms with Crippen LogP contribution in [0, 0.1) is 0 Å². The number of para-hydroxylation sites is 1. The average Bonchev–Trinajstić information content (AvgIpc) is 3.23. The molecule has 170 valence electrons. The third-order valence-electron chi connectivity index (χ3n) is 4.96. The van der Waals surface area contributed by atoms with E-state index in [-0.39, 0.29) is 12.3 Å². The summed E-state index contributed by atoms with van der Waals surface area (Å²) in [5, 5.41) is 0.445. The second-order valence-electron chi connectivity index (χ2n) is 7.52. The van der Waals surface area contributed by atoms with Crippen molar-refractivity contribution >= 4 is 42.4 Å². The lowest BCUT2D eigenvalue weighted by molar-refractivity contribution is -0.116. The Bertz CT molecular complexity index is 1340. The predicted molar refractivity (Wildman–Crippen MR) is 132 cm³/mol. The molecule has 0 unspecified atom stereocenters. The molecule has 0 saturated heterocycles. The lowest BCUT2D eigenvalue weighted by Gasteiger charge is -2.20. The van der Waals surface area contributed by atoms with Gasteiger partial charge in [0.25, 0.3) is 0 Å². The molecule has 0 aliphatic rings. The van der Waals surface area contributed by atoms with Gasteiger partial charge in [-0.15, -0.1) is 0 Å². The second-order valence-corrected chi connectivity index (χ2v) is 10.6. The lowest BCUT2D eigenvalue weighted by atomic mass is 10.2. The van der Waals surface area contributed by atoms with Crippen molar-refractivity contribution in [2.75, 3.05) is 17.3 Å². The van der Waals surface area contributed by atoms with Crippen LogP contribution in [0.1, 0.15) is 18.1 Å². The van der Waals surface area contributed by atoms with E-state index >= 15 is 0 Å². The molecule has 1 heterocycles. The fourth-order valence-electron chi connectivity index (χ4n) is 3.47. The summed E-state index contributed by atoms with van der Waals surface area (Å²) in [5.41, 5.74) is 2.20. The van der Waals surface area contributed by atoms with Gasteiger partial charge >= 0.3 is 0 Å². The molecule has 6 nitrogen and oxygen atoms in total. The largest absolute Gasteiger partial charge is 0.492 e. The number of nitrogens with zero attached hydrogens (tertiary/aromatic N) is 2. The van der Waals surface area contributed by atoms with E-state index in [9.17, 15) is 13.2 Å². The zero-order valence-corrected chi connectivity index (χ0v) is 19.8. The van der Waals surface area contributed by atoms with Gasteiger partial charge in [0.05, 0.1) is 23.6 Å². The van der Waals surface area contributed by atoms with Crippen LogP contribution in [0.2, 0.25) is 0 Å². The van der Waals surface area contributed by atoms with E-state index in [0.29, 0.717) is 28.6 Å². The molecule has 0 aliphatic heterocycles.